The lowest BCUT2D eigenvalue weighted by Gasteiger charge is -2.10. The molecule has 0 saturated carbocycles. The normalized spacial score (nSPS) is 16.1. The molecule has 0 fully saturated rings. The van der Waals surface area contributed by atoms with Crippen molar-refractivity contribution in [2.45, 2.75) is 0 Å². The zero-order valence-corrected chi connectivity index (χ0v) is 18.8. The first kappa shape index (κ1) is 17.3. The van der Waals surface area contributed by atoms with Crippen molar-refractivity contribution >= 4 is 65.7 Å². The summed E-state index contributed by atoms with van der Waals surface area (Å²) in [4.78, 5) is 2.24. The number of hydrogen-bond donors (Lipinski definition) is 0. The minimum atomic E-state index is -0.244. The molecule has 0 radical (unpaired) electrons. The third-order valence-corrected chi connectivity index (χ3v) is 8.50. The van der Waals surface area contributed by atoms with Gasteiger partial charge in [-0.1, -0.05) is 12.1 Å². The van der Waals surface area contributed by atoms with Gasteiger partial charge in [0.25, 0.3) is 0 Å². The first-order valence-electron chi connectivity index (χ1n) is 8.45. The van der Waals surface area contributed by atoms with Gasteiger partial charge in [-0.3, -0.25) is 0 Å². The van der Waals surface area contributed by atoms with E-state index in [0.29, 0.717) is 0 Å². The summed E-state index contributed by atoms with van der Waals surface area (Å²) in [6.07, 6.45) is 0. The molecule has 136 valence electrons. The van der Waals surface area contributed by atoms with Crippen molar-refractivity contribution < 1.29 is 8.78 Å². The Bertz CT molecular complexity index is 1260. The molecule has 2 aliphatic rings. The first-order chi connectivity index (χ1) is 13.5. The molecule has 0 atom stereocenters. The Morgan fingerprint density at radius 3 is 1.39 bits per heavy atom. The highest BCUT2D eigenvalue weighted by Gasteiger charge is 2.35. The summed E-state index contributed by atoms with van der Waals surface area (Å²) in [6, 6.07) is 14.1. The minimum absolute atomic E-state index is 0.244. The quantitative estimate of drug-likeness (QED) is 0.183. The fourth-order valence-corrected chi connectivity index (χ4v) is 7.51. The van der Waals surface area contributed by atoms with E-state index in [4.69, 9.17) is 0 Å². The van der Waals surface area contributed by atoms with Gasteiger partial charge in [-0.25, -0.2) is 8.78 Å². The molecule has 0 spiro atoms. The Kier molecular flexibility index (Phi) is 3.67. The van der Waals surface area contributed by atoms with Gasteiger partial charge in [-0.15, -0.1) is 22.7 Å². The van der Waals surface area contributed by atoms with Gasteiger partial charge in [0, 0.05) is 32.0 Å². The smallest absolute Gasteiger partial charge is 0.123 e. The number of hydrogen-bond acceptors (Lipinski definition) is 2. The second kappa shape index (κ2) is 5.95. The van der Waals surface area contributed by atoms with Crippen molar-refractivity contribution in [2.24, 2.45) is 0 Å². The molecule has 6 rings (SSSR count). The molecule has 2 aliphatic carbocycles. The van der Waals surface area contributed by atoms with Gasteiger partial charge in [0.2, 0.25) is 0 Å². The van der Waals surface area contributed by atoms with Crippen LogP contribution >= 0.6 is 54.5 Å². The molecule has 2 aromatic heterocycles. The summed E-state index contributed by atoms with van der Waals surface area (Å²) in [6.45, 7) is 0. The van der Waals surface area contributed by atoms with Crippen LogP contribution in [0.2, 0.25) is 0 Å². The fraction of sp³-hybridized carbons (Fsp3) is 0. The van der Waals surface area contributed by atoms with Crippen molar-refractivity contribution in [2.75, 3.05) is 0 Å². The van der Waals surface area contributed by atoms with Crippen LogP contribution in [-0.4, -0.2) is 0 Å². The van der Waals surface area contributed by atoms with E-state index in [0.717, 1.165) is 61.9 Å². The molecule has 0 unspecified atom stereocenters. The molecule has 2 aromatic carbocycles. The largest absolute Gasteiger partial charge is 0.207 e. The van der Waals surface area contributed by atoms with Crippen molar-refractivity contribution in [3.8, 4) is 22.3 Å². The summed E-state index contributed by atoms with van der Waals surface area (Å²) < 4.78 is 30.1. The van der Waals surface area contributed by atoms with E-state index in [-0.39, 0.29) is 11.6 Å². The van der Waals surface area contributed by atoms with E-state index >= 15 is 0 Å². The van der Waals surface area contributed by atoms with Gasteiger partial charge < -0.3 is 0 Å². The maximum atomic E-state index is 14.0. The third-order valence-electron chi connectivity index (χ3n) is 5.19. The topological polar surface area (TPSA) is 0 Å². The van der Waals surface area contributed by atoms with E-state index in [2.05, 4.69) is 44.0 Å². The van der Waals surface area contributed by atoms with Crippen LogP contribution in [0.1, 0.15) is 20.9 Å². The van der Waals surface area contributed by atoms with E-state index in [1.807, 2.05) is 12.1 Å². The number of thiophene rings is 2. The average molecular weight is 534 g/mol. The molecular formula is C22H8Br2F2S2. The van der Waals surface area contributed by atoms with Gasteiger partial charge in [-0.05, 0) is 90.5 Å². The molecule has 28 heavy (non-hydrogen) atoms. The highest BCUT2D eigenvalue weighted by Crippen LogP contribution is 2.58. The molecule has 6 heteroatoms. The Morgan fingerprint density at radius 2 is 0.964 bits per heavy atom. The molecule has 0 bridgehead atoms. The minimum Gasteiger partial charge on any atom is -0.207 e. The fourth-order valence-electron chi connectivity index (χ4n) is 4.15. The molecule has 0 amide bonds. The zero-order chi connectivity index (χ0) is 19.2. The molecular weight excluding hydrogens is 526 g/mol. The molecule has 2 heterocycles. The second-order valence-electron chi connectivity index (χ2n) is 6.72. The number of fused-ring (bicyclic) bond motifs is 6. The van der Waals surface area contributed by atoms with Gasteiger partial charge in [-0.2, -0.15) is 0 Å². The predicted octanol–water partition coefficient (Wildman–Crippen LogP) is 8.58. The highest BCUT2D eigenvalue weighted by molar-refractivity contribution is 9.11. The van der Waals surface area contributed by atoms with Crippen LogP contribution in [0.15, 0.2) is 56.1 Å². The Labute approximate surface area is 184 Å². The predicted molar refractivity (Wildman–Crippen MR) is 120 cm³/mol. The molecule has 0 nitrogen and oxygen atoms in total. The molecule has 0 N–H and O–H groups in total. The van der Waals surface area contributed by atoms with Crippen molar-refractivity contribution in [1.82, 2.24) is 0 Å². The van der Waals surface area contributed by atoms with E-state index in [1.54, 1.807) is 34.8 Å². The lowest BCUT2D eigenvalue weighted by Crippen LogP contribution is -1.89. The van der Waals surface area contributed by atoms with Crippen LogP contribution in [0.25, 0.3) is 33.4 Å². The third kappa shape index (κ3) is 2.29. The van der Waals surface area contributed by atoms with E-state index < -0.39 is 0 Å². The van der Waals surface area contributed by atoms with Crippen LogP contribution < -0.4 is 0 Å². The van der Waals surface area contributed by atoms with Crippen LogP contribution in [0.5, 0.6) is 0 Å². The van der Waals surface area contributed by atoms with Crippen LogP contribution in [-0.2, 0) is 0 Å². The van der Waals surface area contributed by atoms with Crippen molar-refractivity contribution in [3.63, 3.8) is 0 Å². The lowest BCUT2D eigenvalue weighted by atomic mass is 9.97. The standard InChI is InChI=1S/C22H8Br2F2S2/c23-17-7-15-13-5-9(25)1-3-11(13)19(21(15)27-17)20-12-4-2-10(26)6-14(12)16-8-18(24)28-22(16)20/h1-8H/b20-19-. The van der Waals surface area contributed by atoms with E-state index in [9.17, 15) is 8.78 Å². The maximum absolute atomic E-state index is 14.0. The molecule has 0 aliphatic heterocycles. The van der Waals surface area contributed by atoms with Crippen LogP contribution in [0, 0.1) is 11.6 Å². The van der Waals surface area contributed by atoms with Gasteiger partial charge >= 0.3 is 0 Å². The van der Waals surface area contributed by atoms with Crippen LogP contribution in [0.3, 0.4) is 0 Å². The monoisotopic (exact) mass is 532 g/mol. The second-order valence-corrected chi connectivity index (χ2v) is 11.6. The van der Waals surface area contributed by atoms with Gasteiger partial charge in [0.05, 0.1) is 7.57 Å². The average Bonchev–Trinajstić information content (AvgIpc) is 3.34. The van der Waals surface area contributed by atoms with Crippen molar-refractivity contribution in [1.29, 1.82) is 0 Å². The molecule has 4 aromatic rings. The van der Waals surface area contributed by atoms with Gasteiger partial charge in [0.15, 0.2) is 0 Å². The highest BCUT2D eigenvalue weighted by atomic mass is 79.9. The zero-order valence-electron chi connectivity index (χ0n) is 13.9. The summed E-state index contributed by atoms with van der Waals surface area (Å²) >= 11 is 10.5. The number of rotatable bonds is 0. The first-order valence-corrected chi connectivity index (χ1v) is 11.7. The Hall–Kier alpha value is -1.60. The lowest BCUT2D eigenvalue weighted by molar-refractivity contribution is 0.628. The number of benzene rings is 2. The maximum Gasteiger partial charge on any atom is 0.123 e. The summed E-state index contributed by atoms with van der Waals surface area (Å²) in [5.74, 6) is -0.488. The van der Waals surface area contributed by atoms with Crippen LogP contribution in [0.4, 0.5) is 8.78 Å². The van der Waals surface area contributed by atoms with Crippen molar-refractivity contribution in [3.05, 3.63) is 88.6 Å². The van der Waals surface area contributed by atoms with Gasteiger partial charge in [0.1, 0.15) is 11.6 Å². The SMILES string of the molecule is Fc1ccc2c(c1)-c1cc(Br)sc1/C2=C1/c2ccc(F)cc2-c2cc(Br)sc21. The summed E-state index contributed by atoms with van der Waals surface area (Å²) in [5, 5.41) is 0. The Morgan fingerprint density at radius 1 is 0.536 bits per heavy atom. The van der Waals surface area contributed by atoms with E-state index in [1.165, 1.54) is 12.1 Å². The summed E-state index contributed by atoms with van der Waals surface area (Å²) in [7, 11) is 0. The molecule has 0 saturated heterocycles. The number of halogens is 4. The summed E-state index contributed by atoms with van der Waals surface area (Å²) in [5.41, 5.74) is 8.15. The Balaban J connectivity index is 1.79.